The zero-order valence-electron chi connectivity index (χ0n) is 12.8. The summed E-state index contributed by atoms with van der Waals surface area (Å²) in [4.78, 5) is 14.7. The van der Waals surface area contributed by atoms with Crippen LogP contribution in [0.4, 0.5) is 4.39 Å². The van der Waals surface area contributed by atoms with E-state index in [2.05, 4.69) is 26.1 Å². The highest BCUT2D eigenvalue weighted by atomic mass is 19.1. The molecule has 1 amide bonds. The minimum Gasteiger partial charge on any atom is -0.319 e. The summed E-state index contributed by atoms with van der Waals surface area (Å²) < 4.78 is 13.1. The normalized spacial score (nSPS) is 27.5. The highest BCUT2D eigenvalue weighted by Crippen LogP contribution is 2.40. The van der Waals surface area contributed by atoms with E-state index >= 15 is 0 Å². The Balaban J connectivity index is 1.91. The smallest absolute Gasteiger partial charge is 0.241 e. The second-order valence-corrected chi connectivity index (χ2v) is 6.67. The van der Waals surface area contributed by atoms with E-state index in [9.17, 15) is 9.18 Å². The number of amides is 1. The van der Waals surface area contributed by atoms with Crippen molar-refractivity contribution in [3.63, 3.8) is 0 Å². The molecule has 1 aliphatic carbocycles. The van der Waals surface area contributed by atoms with Crippen LogP contribution in [0.25, 0.3) is 0 Å². The van der Waals surface area contributed by atoms with Crippen molar-refractivity contribution in [3.8, 4) is 0 Å². The van der Waals surface area contributed by atoms with E-state index in [1.54, 1.807) is 12.1 Å². The zero-order valence-corrected chi connectivity index (χ0v) is 12.8. The van der Waals surface area contributed by atoms with Gasteiger partial charge in [0.1, 0.15) is 12.0 Å². The maximum atomic E-state index is 13.1. The van der Waals surface area contributed by atoms with Gasteiger partial charge in [0.05, 0.1) is 6.04 Å². The fraction of sp³-hybridized carbons (Fsp3) is 0.588. The lowest BCUT2D eigenvalue weighted by atomic mass is 10.0. The lowest BCUT2D eigenvalue weighted by molar-refractivity contribution is -0.133. The lowest BCUT2D eigenvalue weighted by Crippen LogP contribution is -2.40. The quantitative estimate of drug-likeness (QED) is 0.924. The van der Waals surface area contributed by atoms with Gasteiger partial charge in [-0.05, 0) is 49.3 Å². The first-order chi connectivity index (χ1) is 9.99. The molecule has 1 aromatic carbocycles. The van der Waals surface area contributed by atoms with Crippen molar-refractivity contribution in [2.45, 2.75) is 51.9 Å². The number of carbonyl (C=O) groups excluding carboxylic acids is 1. The molecule has 0 radical (unpaired) electrons. The number of hydrogen-bond acceptors (Lipinski definition) is 2. The van der Waals surface area contributed by atoms with Gasteiger partial charge in [0, 0.05) is 6.04 Å². The topological polar surface area (TPSA) is 32.3 Å². The molecule has 3 rings (SSSR count). The molecule has 2 fully saturated rings. The molecule has 3 atom stereocenters. The molecule has 1 N–H and O–H groups in total. The van der Waals surface area contributed by atoms with Crippen LogP contribution in [-0.4, -0.2) is 22.9 Å². The molecule has 0 spiro atoms. The Hall–Kier alpha value is -1.42. The summed E-state index contributed by atoms with van der Waals surface area (Å²) in [5.74, 6) is 0.797. The molecule has 1 saturated carbocycles. The van der Waals surface area contributed by atoms with Crippen molar-refractivity contribution in [1.82, 2.24) is 10.2 Å². The van der Waals surface area contributed by atoms with Crippen LogP contribution < -0.4 is 5.32 Å². The summed E-state index contributed by atoms with van der Waals surface area (Å²) >= 11 is 0. The Morgan fingerprint density at radius 2 is 1.81 bits per heavy atom. The van der Waals surface area contributed by atoms with Crippen LogP contribution in [0.3, 0.4) is 0 Å². The average molecular weight is 290 g/mol. The molecule has 21 heavy (non-hydrogen) atoms. The van der Waals surface area contributed by atoms with Crippen LogP contribution in [0.1, 0.15) is 45.3 Å². The molecule has 114 valence electrons. The number of halogens is 1. The van der Waals surface area contributed by atoms with E-state index in [1.807, 2.05) is 4.90 Å². The molecule has 1 aliphatic heterocycles. The van der Waals surface area contributed by atoms with Crippen molar-refractivity contribution in [2.75, 3.05) is 0 Å². The zero-order chi connectivity index (χ0) is 15.1. The second kappa shape index (κ2) is 5.41. The predicted molar refractivity (Wildman–Crippen MR) is 79.9 cm³/mol. The molecular formula is C17H23FN2O. The summed E-state index contributed by atoms with van der Waals surface area (Å²) in [6.07, 6.45) is 2.27. The fourth-order valence-corrected chi connectivity index (χ4v) is 3.23. The molecule has 0 aromatic heterocycles. The predicted octanol–water partition coefficient (Wildman–Crippen LogP) is 3.08. The minimum atomic E-state index is -0.245. The Bertz CT molecular complexity index is 524. The second-order valence-electron chi connectivity index (χ2n) is 6.67. The summed E-state index contributed by atoms with van der Waals surface area (Å²) in [6, 6.07) is 6.56. The van der Waals surface area contributed by atoms with E-state index in [0.717, 1.165) is 5.56 Å². The monoisotopic (exact) mass is 290 g/mol. The number of nitrogens with zero attached hydrogens (tertiary/aromatic N) is 1. The van der Waals surface area contributed by atoms with Gasteiger partial charge in [0.2, 0.25) is 5.91 Å². The van der Waals surface area contributed by atoms with Gasteiger partial charge in [-0.25, -0.2) is 4.39 Å². The van der Waals surface area contributed by atoms with E-state index in [-0.39, 0.29) is 35.9 Å². The molecule has 0 bridgehead atoms. The molecule has 3 nitrogen and oxygen atoms in total. The average Bonchev–Trinajstić information content (AvgIpc) is 3.22. The van der Waals surface area contributed by atoms with E-state index in [0.29, 0.717) is 5.92 Å². The first-order valence-corrected chi connectivity index (χ1v) is 7.82. The largest absolute Gasteiger partial charge is 0.319 e. The van der Waals surface area contributed by atoms with Crippen LogP contribution in [-0.2, 0) is 4.79 Å². The van der Waals surface area contributed by atoms with E-state index < -0.39 is 0 Å². The summed E-state index contributed by atoms with van der Waals surface area (Å²) in [6.45, 7) is 6.25. The number of hydrogen-bond donors (Lipinski definition) is 1. The Labute approximate surface area is 125 Å². The third kappa shape index (κ3) is 2.69. The van der Waals surface area contributed by atoms with Crippen LogP contribution in [0.15, 0.2) is 24.3 Å². The van der Waals surface area contributed by atoms with E-state index in [1.165, 1.54) is 25.0 Å². The highest BCUT2D eigenvalue weighted by Gasteiger charge is 2.46. The van der Waals surface area contributed by atoms with Gasteiger partial charge in [-0.15, -0.1) is 0 Å². The molecular weight excluding hydrogens is 267 g/mol. The van der Waals surface area contributed by atoms with Crippen LogP contribution in [0.2, 0.25) is 0 Å². The van der Waals surface area contributed by atoms with Crippen molar-refractivity contribution in [3.05, 3.63) is 35.6 Å². The fourth-order valence-electron chi connectivity index (χ4n) is 3.23. The van der Waals surface area contributed by atoms with Gasteiger partial charge in [0.25, 0.3) is 0 Å². The molecule has 1 aromatic rings. The SMILES string of the molecule is CC(C)C1NC(c2ccc(F)cc2)N(C(C)C2CC2)C1=O. The Morgan fingerprint density at radius 1 is 1.19 bits per heavy atom. The molecule has 3 unspecified atom stereocenters. The van der Waals surface area contributed by atoms with Gasteiger partial charge in [-0.2, -0.15) is 0 Å². The van der Waals surface area contributed by atoms with Gasteiger partial charge in [-0.1, -0.05) is 26.0 Å². The maximum Gasteiger partial charge on any atom is 0.241 e. The first kappa shape index (κ1) is 14.5. The molecule has 2 aliphatic rings. The van der Waals surface area contributed by atoms with Crippen LogP contribution >= 0.6 is 0 Å². The number of benzene rings is 1. The third-order valence-corrected chi connectivity index (χ3v) is 4.73. The molecule has 1 saturated heterocycles. The summed E-state index contributed by atoms with van der Waals surface area (Å²) in [5.41, 5.74) is 0.959. The van der Waals surface area contributed by atoms with Gasteiger partial charge in [-0.3, -0.25) is 10.1 Å². The lowest BCUT2D eigenvalue weighted by Gasteiger charge is -2.30. The Kier molecular flexibility index (Phi) is 3.74. The molecule has 1 heterocycles. The van der Waals surface area contributed by atoms with Crippen molar-refractivity contribution >= 4 is 5.91 Å². The highest BCUT2D eigenvalue weighted by molar-refractivity contribution is 5.85. The number of rotatable bonds is 4. The summed E-state index contributed by atoms with van der Waals surface area (Å²) in [7, 11) is 0. The van der Waals surface area contributed by atoms with Crippen molar-refractivity contribution in [2.24, 2.45) is 11.8 Å². The van der Waals surface area contributed by atoms with Gasteiger partial charge in [0.15, 0.2) is 0 Å². The first-order valence-electron chi connectivity index (χ1n) is 7.82. The minimum absolute atomic E-state index is 0.138. The Morgan fingerprint density at radius 3 is 2.33 bits per heavy atom. The number of nitrogens with one attached hydrogen (secondary N) is 1. The van der Waals surface area contributed by atoms with Crippen LogP contribution in [0.5, 0.6) is 0 Å². The van der Waals surface area contributed by atoms with Gasteiger partial charge < -0.3 is 4.90 Å². The van der Waals surface area contributed by atoms with Gasteiger partial charge >= 0.3 is 0 Å². The van der Waals surface area contributed by atoms with E-state index in [4.69, 9.17) is 0 Å². The summed E-state index contributed by atoms with van der Waals surface area (Å²) in [5, 5.41) is 3.44. The third-order valence-electron chi connectivity index (χ3n) is 4.73. The molecule has 4 heteroatoms. The number of carbonyl (C=O) groups is 1. The van der Waals surface area contributed by atoms with Crippen molar-refractivity contribution in [1.29, 1.82) is 0 Å². The van der Waals surface area contributed by atoms with Crippen LogP contribution in [0, 0.1) is 17.7 Å². The van der Waals surface area contributed by atoms with Crippen molar-refractivity contribution < 1.29 is 9.18 Å². The standard InChI is InChI=1S/C17H23FN2O/c1-10(2)15-17(21)20(11(3)12-4-5-12)16(19-15)13-6-8-14(18)9-7-13/h6-12,15-16,19H,4-5H2,1-3H3. The maximum absolute atomic E-state index is 13.1.